The first-order chi connectivity index (χ1) is 10.2. The number of hydrogen-bond donors (Lipinski definition) is 2. The van der Waals surface area contributed by atoms with E-state index in [9.17, 15) is 4.79 Å². The normalized spacial score (nSPS) is 17.0. The van der Waals surface area contributed by atoms with Crippen LogP contribution in [0, 0.1) is 0 Å². The summed E-state index contributed by atoms with van der Waals surface area (Å²) >= 11 is 0. The van der Waals surface area contributed by atoms with Crippen LogP contribution in [0.4, 0.5) is 5.69 Å². The Labute approximate surface area is 138 Å². The molecule has 22 heavy (non-hydrogen) atoms. The molecule has 0 saturated carbocycles. The molecular weight excluding hydrogens is 304 g/mol. The summed E-state index contributed by atoms with van der Waals surface area (Å²) in [6, 6.07) is 7.70. The Hall–Kier alpha value is -1.30. The van der Waals surface area contributed by atoms with Crippen LogP contribution in [-0.4, -0.2) is 38.4 Å². The van der Waals surface area contributed by atoms with Gasteiger partial charge in [0, 0.05) is 25.3 Å². The van der Waals surface area contributed by atoms with Crippen LogP contribution in [-0.2, 0) is 20.7 Å². The van der Waals surface area contributed by atoms with Crippen molar-refractivity contribution in [2.75, 3.05) is 32.1 Å². The van der Waals surface area contributed by atoms with Crippen molar-refractivity contribution in [2.45, 2.75) is 31.8 Å². The van der Waals surface area contributed by atoms with Gasteiger partial charge < -0.3 is 20.5 Å². The number of nitrogens with two attached hydrogens (primary N) is 1. The highest BCUT2D eigenvalue weighted by atomic mass is 35.5. The Morgan fingerprint density at radius 3 is 2.82 bits per heavy atom. The molecule has 6 heteroatoms. The average molecular weight is 329 g/mol. The smallest absolute Gasteiger partial charge is 0.222 e. The molecular formula is C16H25ClN2O3. The number of carbonyl (C=O) groups is 1. The molecule has 1 saturated heterocycles. The average Bonchev–Trinajstić information content (AvgIpc) is 2.99. The monoisotopic (exact) mass is 328 g/mol. The summed E-state index contributed by atoms with van der Waals surface area (Å²) in [4.78, 5) is 11.6. The summed E-state index contributed by atoms with van der Waals surface area (Å²) in [5.74, 6) is 0.0257. The van der Waals surface area contributed by atoms with Crippen molar-refractivity contribution < 1.29 is 14.3 Å². The van der Waals surface area contributed by atoms with Gasteiger partial charge in [-0.3, -0.25) is 4.79 Å². The van der Waals surface area contributed by atoms with Crippen LogP contribution >= 0.6 is 12.4 Å². The molecule has 1 aromatic carbocycles. The van der Waals surface area contributed by atoms with Gasteiger partial charge in [-0.05, 0) is 37.0 Å². The van der Waals surface area contributed by atoms with E-state index < -0.39 is 0 Å². The molecule has 1 aromatic rings. The van der Waals surface area contributed by atoms with Crippen molar-refractivity contribution in [1.82, 2.24) is 5.32 Å². The Balaban J connectivity index is 0.00000242. The second kappa shape index (κ2) is 10.4. The van der Waals surface area contributed by atoms with Crippen molar-refractivity contribution in [3.05, 3.63) is 29.8 Å². The van der Waals surface area contributed by atoms with E-state index in [0.29, 0.717) is 26.2 Å². The van der Waals surface area contributed by atoms with Crippen molar-refractivity contribution in [3.63, 3.8) is 0 Å². The van der Waals surface area contributed by atoms with E-state index in [-0.39, 0.29) is 24.4 Å². The molecule has 2 rings (SSSR count). The van der Waals surface area contributed by atoms with Crippen LogP contribution in [0.2, 0.25) is 0 Å². The van der Waals surface area contributed by atoms with Gasteiger partial charge in [0.25, 0.3) is 0 Å². The number of hydrogen-bond acceptors (Lipinski definition) is 4. The van der Waals surface area contributed by atoms with Crippen LogP contribution in [0.5, 0.6) is 0 Å². The first-order valence-corrected chi connectivity index (χ1v) is 7.54. The number of halogens is 1. The molecule has 0 aromatic heterocycles. The summed E-state index contributed by atoms with van der Waals surface area (Å²) in [6.45, 7) is 2.51. The van der Waals surface area contributed by atoms with E-state index in [1.54, 1.807) is 0 Å². The quantitative estimate of drug-likeness (QED) is 0.565. The van der Waals surface area contributed by atoms with Crippen molar-refractivity contribution in [1.29, 1.82) is 0 Å². The lowest BCUT2D eigenvalue weighted by Gasteiger charge is -2.10. The zero-order valence-corrected chi connectivity index (χ0v) is 13.6. The van der Waals surface area contributed by atoms with Crippen LogP contribution in [0.15, 0.2) is 24.3 Å². The third-order valence-corrected chi connectivity index (χ3v) is 3.52. The predicted octanol–water partition coefficient (Wildman–Crippen LogP) is 1.93. The van der Waals surface area contributed by atoms with Crippen LogP contribution in [0.25, 0.3) is 0 Å². The molecule has 1 amide bonds. The maximum atomic E-state index is 11.6. The summed E-state index contributed by atoms with van der Waals surface area (Å²) in [7, 11) is 0. The van der Waals surface area contributed by atoms with Crippen molar-refractivity contribution >= 4 is 24.0 Å². The number of nitrogens with one attached hydrogen (secondary N) is 1. The number of ether oxygens (including phenoxy) is 2. The predicted molar refractivity (Wildman–Crippen MR) is 89.2 cm³/mol. The van der Waals surface area contributed by atoms with Crippen LogP contribution in [0.3, 0.4) is 0 Å². The fraction of sp³-hybridized carbons (Fsp3) is 0.562. The Kier molecular flexibility index (Phi) is 8.89. The zero-order chi connectivity index (χ0) is 14.9. The lowest BCUT2D eigenvalue weighted by Crippen LogP contribution is -2.27. The van der Waals surface area contributed by atoms with Gasteiger partial charge in [0.1, 0.15) is 0 Å². The first-order valence-electron chi connectivity index (χ1n) is 7.54. The van der Waals surface area contributed by atoms with E-state index in [0.717, 1.165) is 31.6 Å². The Morgan fingerprint density at radius 2 is 2.14 bits per heavy atom. The molecule has 0 radical (unpaired) electrons. The molecule has 1 aliphatic heterocycles. The van der Waals surface area contributed by atoms with Gasteiger partial charge in [-0.15, -0.1) is 12.4 Å². The molecule has 3 N–H and O–H groups in total. The van der Waals surface area contributed by atoms with Gasteiger partial charge in [-0.1, -0.05) is 12.1 Å². The molecule has 1 unspecified atom stereocenters. The fourth-order valence-electron chi connectivity index (χ4n) is 2.27. The van der Waals surface area contributed by atoms with Crippen molar-refractivity contribution in [3.8, 4) is 0 Å². The minimum Gasteiger partial charge on any atom is -0.399 e. The Morgan fingerprint density at radius 1 is 1.36 bits per heavy atom. The number of amides is 1. The van der Waals surface area contributed by atoms with E-state index in [4.69, 9.17) is 15.2 Å². The maximum absolute atomic E-state index is 11.6. The molecule has 1 fully saturated rings. The van der Waals surface area contributed by atoms with Gasteiger partial charge >= 0.3 is 0 Å². The van der Waals surface area contributed by atoms with E-state index >= 15 is 0 Å². The molecule has 0 aliphatic carbocycles. The van der Waals surface area contributed by atoms with Crippen LogP contribution in [0.1, 0.15) is 24.8 Å². The molecule has 124 valence electrons. The van der Waals surface area contributed by atoms with Crippen molar-refractivity contribution in [2.24, 2.45) is 0 Å². The molecule has 0 bridgehead atoms. The van der Waals surface area contributed by atoms with Gasteiger partial charge in [0.15, 0.2) is 0 Å². The second-order valence-electron chi connectivity index (χ2n) is 5.30. The van der Waals surface area contributed by atoms with Crippen LogP contribution < -0.4 is 11.1 Å². The molecule has 1 aliphatic rings. The molecule has 0 spiro atoms. The molecule has 1 atom stereocenters. The van der Waals surface area contributed by atoms with E-state index in [1.165, 1.54) is 5.56 Å². The van der Waals surface area contributed by atoms with Gasteiger partial charge in [-0.25, -0.2) is 0 Å². The summed E-state index contributed by atoms with van der Waals surface area (Å²) in [6.07, 6.45) is 3.60. The largest absolute Gasteiger partial charge is 0.399 e. The third-order valence-electron chi connectivity index (χ3n) is 3.52. The number of benzene rings is 1. The fourth-order valence-corrected chi connectivity index (χ4v) is 2.27. The summed E-state index contributed by atoms with van der Waals surface area (Å²) in [5, 5.41) is 2.89. The summed E-state index contributed by atoms with van der Waals surface area (Å²) < 4.78 is 10.9. The first kappa shape index (κ1) is 18.7. The summed E-state index contributed by atoms with van der Waals surface area (Å²) in [5.41, 5.74) is 7.55. The number of nitrogen functional groups attached to an aromatic ring is 1. The highest BCUT2D eigenvalue weighted by molar-refractivity contribution is 5.85. The maximum Gasteiger partial charge on any atom is 0.222 e. The minimum atomic E-state index is 0. The lowest BCUT2D eigenvalue weighted by molar-refractivity contribution is -0.122. The number of anilines is 1. The van der Waals surface area contributed by atoms with Gasteiger partial charge in [-0.2, -0.15) is 0 Å². The highest BCUT2D eigenvalue weighted by Crippen LogP contribution is 2.11. The van der Waals surface area contributed by atoms with Gasteiger partial charge in [0.2, 0.25) is 5.91 Å². The number of rotatable bonds is 8. The standard InChI is InChI=1S/C16H24N2O3.ClH/c17-14-5-3-13(4-6-14)7-9-18-16(19)8-11-20-12-15-2-1-10-21-15;/h3-6,15H,1-2,7-12,17H2,(H,18,19);1H. The van der Waals surface area contributed by atoms with E-state index in [2.05, 4.69) is 5.32 Å². The SMILES string of the molecule is Cl.Nc1ccc(CCNC(=O)CCOCC2CCCO2)cc1. The highest BCUT2D eigenvalue weighted by Gasteiger charge is 2.15. The third kappa shape index (κ3) is 7.11. The molecule has 5 nitrogen and oxygen atoms in total. The van der Waals surface area contributed by atoms with E-state index in [1.807, 2.05) is 24.3 Å². The molecule has 1 heterocycles. The lowest BCUT2D eigenvalue weighted by atomic mass is 10.1. The minimum absolute atomic E-state index is 0. The second-order valence-corrected chi connectivity index (χ2v) is 5.30. The van der Waals surface area contributed by atoms with Gasteiger partial charge in [0.05, 0.1) is 19.3 Å². The Bertz CT molecular complexity index is 434. The number of carbonyl (C=O) groups excluding carboxylic acids is 1. The zero-order valence-electron chi connectivity index (χ0n) is 12.8. The topological polar surface area (TPSA) is 73.6 Å².